The molecule has 1 aliphatic heterocycles. The van der Waals surface area contributed by atoms with E-state index in [2.05, 4.69) is 4.98 Å². The molecule has 5 nitrogen and oxygen atoms in total. The third-order valence-electron chi connectivity index (χ3n) is 2.64. The molecule has 2 heterocycles. The first-order chi connectivity index (χ1) is 7.57. The largest absolute Gasteiger partial charge is 0.384 e. The fraction of sp³-hybridized carbons (Fsp3) is 0.500. The van der Waals surface area contributed by atoms with E-state index >= 15 is 0 Å². The average molecular weight is 241 g/mol. The zero-order chi connectivity index (χ0) is 11.6. The van der Waals surface area contributed by atoms with Crippen molar-refractivity contribution in [2.45, 2.75) is 6.42 Å². The maximum Gasteiger partial charge on any atom is 0.152 e. The van der Waals surface area contributed by atoms with Crippen LogP contribution in [0.4, 0.5) is 11.6 Å². The topological polar surface area (TPSA) is 76.3 Å². The highest BCUT2D eigenvalue weighted by Gasteiger charge is 2.19. The van der Waals surface area contributed by atoms with Gasteiger partial charge in [0.2, 0.25) is 0 Å². The lowest BCUT2D eigenvalue weighted by atomic mass is 10.3. The molecule has 16 heavy (non-hydrogen) atoms. The van der Waals surface area contributed by atoms with Gasteiger partial charge in [-0.2, -0.15) is 0 Å². The number of nitrogen functional groups attached to an aromatic ring is 1. The summed E-state index contributed by atoms with van der Waals surface area (Å²) < 4.78 is 22.9. The lowest BCUT2D eigenvalue weighted by Crippen LogP contribution is -2.27. The van der Waals surface area contributed by atoms with E-state index in [4.69, 9.17) is 5.73 Å². The molecule has 0 aliphatic carbocycles. The second kappa shape index (κ2) is 4.29. The molecule has 1 fully saturated rings. The third-order valence-corrected chi connectivity index (χ3v) is 4.35. The molecule has 1 saturated heterocycles. The summed E-state index contributed by atoms with van der Waals surface area (Å²) in [6.45, 7) is 1.22. The maximum atomic E-state index is 11.4. The summed E-state index contributed by atoms with van der Waals surface area (Å²) in [5.41, 5.74) is 5.60. The minimum atomic E-state index is -2.87. The average Bonchev–Trinajstić information content (AvgIpc) is 2.39. The van der Waals surface area contributed by atoms with E-state index < -0.39 is 9.84 Å². The number of pyridine rings is 1. The molecule has 0 aromatic carbocycles. The Labute approximate surface area is 95.2 Å². The first-order valence-electron chi connectivity index (χ1n) is 5.25. The highest BCUT2D eigenvalue weighted by atomic mass is 32.2. The summed E-state index contributed by atoms with van der Waals surface area (Å²) in [6, 6.07) is 5.41. The lowest BCUT2D eigenvalue weighted by Gasteiger charge is -2.20. The van der Waals surface area contributed by atoms with Crippen molar-refractivity contribution in [3.8, 4) is 0 Å². The number of anilines is 2. The Bertz CT molecular complexity index is 473. The molecular weight excluding hydrogens is 226 g/mol. The molecule has 6 heteroatoms. The Morgan fingerprint density at radius 3 is 2.81 bits per heavy atom. The van der Waals surface area contributed by atoms with E-state index in [1.807, 2.05) is 17.0 Å². The van der Waals surface area contributed by atoms with Crippen LogP contribution >= 0.6 is 0 Å². The van der Waals surface area contributed by atoms with Crippen molar-refractivity contribution < 1.29 is 8.42 Å². The molecule has 1 aliphatic rings. The number of hydrogen-bond acceptors (Lipinski definition) is 5. The van der Waals surface area contributed by atoms with Gasteiger partial charge in [-0.25, -0.2) is 13.4 Å². The molecule has 0 unspecified atom stereocenters. The first-order valence-corrected chi connectivity index (χ1v) is 7.07. The lowest BCUT2D eigenvalue weighted by molar-refractivity contribution is 0.597. The first kappa shape index (κ1) is 11.2. The van der Waals surface area contributed by atoms with Gasteiger partial charge in [0.1, 0.15) is 11.6 Å². The van der Waals surface area contributed by atoms with Crippen molar-refractivity contribution in [3.63, 3.8) is 0 Å². The van der Waals surface area contributed by atoms with Gasteiger partial charge in [0.05, 0.1) is 11.5 Å². The predicted molar refractivity (Wildman–Crippen MR) is 64.1 cm³/mol. The number of aromatic nitrogens is 1. The molecule has 0 radical (unpaired) electrons. The molecule has 0 amide bonds. The molecule has 0 atom stereocenters. The van der Waals surface area contributed by atoms with Crippen molar-refractivity contribution in [2.24, 2.45) is 0 Å². The zero-order valence-electron chi connectivity index (χ0n) is 8.96. The molecule has 2 N–H and O–H groups in total. The van der Waals surface area contributed by atoms with Crippen molar-refractivity contribution in [1.29, 1.82) is 0 Å². The van der Waals surface area contributed by atoms with Gasteiger partial charge in [0, 0.05) is 13.1 Å². The minimum Gasteiger partial charge on any atom is -0.384 e. The van der Waals surface area contributed by atoms with Crippen molar-refractivity contribution in [2.75, 3.05) is 35.2 Å². The Balaban J connectivity index is 2.17. The van der Waals surface area contributed by atoms with Gasteiger partial charge < -0.3 is 10.6 Å². The van der Waals surface area contributed by atoms with Gasteiger partial charge in [0.25, 0.3) is 0 Å². The van der Waals surface area contributed by atoms with Crippen LogP contribution in [0.3, 0.4) is 0 Å². The van der Waals surface area contributed by atoms with Gasteiger partial charge in [-0.3, -0.25) is 0 Å². The van der Waals surface area contributed by atoms with Crippen molar-refractivity contribution >= 4 is 21.5 Å². The molecular formula is C10H15N3O2S. The predicted octanol–water partition coefficient (Wildman–Crippen LogP) is 0.289. The smallest absolute Gasteiger partial charge is 0.152 e. The fourth-order valence-corrected chi connectivity index (χ4v) is 3.05. The number of hydrogen-bond donors (Lipinski definition) is 1. The second-order valence-electron chi connectivity index (χ2n) is 3.91. The van der Waals surface area contributed by atoms with Gasteiger partial charge in [0.15, 0.2) is 9.84 Å². The third kappa shape index (κ3) is 2.63. The summed E-state index contributed by atoms with van der Waals surface area (Å²) in [7, 11) is -2.87. The van der Waals surface area contributed by atoms with Gasteiger partial charge in [-0.15, -0.1) is 0 Å². The van der Waals surface area contributed by atoms with E-state index in [-0.39, 0.29) is 11.5 Å². The van der Waals surface area contributed by atoms with Crippen molar-refractivity contribution in [1.82, 2.24) is 4.98 Å². The SMILES string of the molecule is Nc1cccc(N2CCCS(=O)(=O)CC2)n1. The van der Waals surface area contributed by atoms with Crippen LogP contribution in [0.5, 0.6) is 0 Å². The maximum absolute atomic E-state index is 11.4. The Hall–Kier alpha value is -1.30. The van der Waals surface area contributed by atoms with Gasteiger partial charge in [-0.1, -0.05) is 6.07 Å². The van der Waals surface area contributed by atoms with Crippen LogP contribution in [0.25, 0.3) is 0 Å². The second-order valence-corrected chi connectivity index (χ2v) is 6.22. The molecule has 0 bridgehead atoms. The molecule has 2 rings (SSSR count). The van der Waals surface area contributed by atoms with Gasteiger partial charge in [-0.05, 0) is 18.6 Å². The van der Waals surface area contributed by atoms with E-state index in [1.54, 1.807) is 6.07 Å². The van der Waals surface area contributed by atoms with Crippen LogP contribution in [0, 0.1) is 0 Å². The number of rotatable bonds is 1. The number of sulfone groups is 1. The highest BCUT2D eigenvalue weighted by Crippen LogP contribution is 2.15. The molecule has 0 spiro atoms. The van der Waals surface area contributed by atoms with E-state index in [0.29, 0.717) is 18.8 Å². The molecule has 1 aromatic rings. The summed E-state index contributed by atoms with van der Waals surface area (Å²) in [5.74, 6) is 1.69. The fourth-order valence-electron chi connectivity index (χ4n) is 1.78. The zero-order valence-corrected chi connectivity index (χ0v) is 9.78. The van der Waals surface area contributed by atoms with Crippen LogP contribution in [-0.2, 0) is 9.84 Å². The van der Waals surface area contributed by atoms with Gasteiger partial charge >= 0.3 is 0 Å². The normalized spacial score (nSPS) is 20.4. The Kier molecular flexibility index (Phi) is 3.00. The Morgan fingerprint density at radius 2 is 2.06 bits per heavy atom. The summed E-state index contributed by atoms with van der Waals surface area (Å²) in [4.78, 5) is 6.17. The highest BCUT2D eigenvalue weighted by molar-refractivity contribution is 7.91. The van der Waals surface area contributed by atoms with E-state index in [1.165, 1.54) is 0 Å². The number of nitrogens with zero attached hydrogens (tertiary/aromatic N) is 2. The van der Waals surface area contributed by atoms with Crippen LogP contribution in [-0.4, -0.2) is 38.0 Å². The van der Waals surface area contributed by atoms with E-state index in [9.17, 15) is 8.42 Å². The standard InChI is InChI=1S/C10H15N3O2S/c11-9-3-1-4-10(12-9)13-5-2-7-16(14,15)8-6-13/h1,3-4H,2,5-8H2,(H2,11,12). The summed E-state index contributed by atoms with van der Waals surface area (Å²) in [6.07, 6.45) is 0.652. The molecule has 88 valence electrons. The monoisotopic (exact) mass is 241 g/mol. The summed E-state index contributed by atoms with van der Waals surface area (Å²) in [5, 5.41) is 0. The molecule has 1 aromatic heterocycles. The Morgan fingerprint density at radius 1 is 1.25 bits per heavy atom. The van der Waals surface area contributed by atoms with Crippen LogP contribution in [0.1, 0.15) is 6.42 Å². The van der Waals surface area contributed by atoms with Crippen molar-refractivity contribution in [3.05, 3.63) is 18.2 Å². The molecule has 0 saturated carbocycles. The van der Waals surface area contributed by atoms with Crippen LogP contribution in [0.15, 0.2) is 18.2 Å². The quantitative estimate of drug-likeness (QED) is 0.764. The van der Waals surface area contributed by atoms with E-state index in [0.717, 1.165) is 12.4 Å². The number of nitrogens with two attached hydrogens (primary N) is 1. The van der Waals surface area contributed by atoms with Crippen LogP contribution < -0.4 is 10.6 Å². The minimum absolute atomic E-state index is 0.198. The van der Waals surface area contributed by atoms with Crippen LogP contribution in [0.2, 0.25) is 0 Å². The summed E-state index contributed by atoms with van der Waals surface area (Å²) >= 11 is 0.